The molecule has 0 saturated heterocycles. The van der Waals surface area contributed by atoms with Crippen molar-refractivity contribution < 1.29 is 9.90 Å². The molecule has 1 heterocycles. The summed E-state index contributed by atoms with van der Waals surface area (Å²) in [5.74, 6) is -0.859. The van der Waals surface area contributed by atoms with E-state index < -0.39 is 5.97 Å². The molecule has 0 unspecified atom stereocenters. The molecular weight excluding hydrogens is 302 g/mol. The molecule has 120 valence electrons. The van der Waals surface area contributed by atoms with E-state index in [1.54, 1.807) is 6.07 Å². The number of rotatable bonds is 4. The van der Waals surface area contributed by atoms with Gasteiger partial charge in [0.1, 0.15) is 0 Å². The van der Waals surface area contributed by atoms with E-state index in [1.165, 1.54) is 0 Å². The number of carbonyl (C=O) groups is 1. The Hall–Kier alpha value is -3.13. The van der Waals surface area contributed by atoms with Crippen molar-refractivity contribution >= 4 is 16.9 Å². The highest BCUT2D eigenvalue weighted by molar-refractivity contribution is 5.83. The number of fused-ring (bicyclic) bond motifs is 1. The van der Waals surface area contributed by atoms with Gasteiger partial charge < -0.3 is 5.11 Å². The Bertz CT molecular complexity index is 980. The maximum Gasteiger partial charge on any atom is 0.307 e. The van der Waals surface area contributed by atoms with Gasteiger partial charge in [0, 0.05) is 5.39 Å². The number of aromatic nitrogens is 2. The van der Waals surface area contributed by atoms with E-state index in [1.807, 2.05) is 48.9 Å². The lowest BCUT2D eigenvalue weighted by atomic mass is 10.0. The standard InChI is InChI=1S/C19H17N3O2/c1-12-4-3-5-15(10-20)17(12)11-22-18-8-14(9-19(23)24)6-7-16(18)13(2)21-22/h3-8H,9,11H2,1-2H3,(H,23,24). The normalized spacial score (nSPS) is 10.7. The monoisotopic (exact) mass is 319 g/mol. The van der Waals surface area contributed by atoms with Crippen LogP contribution in [0.25, 0.3) is 10.9 Å². The van der Waals surface area contributed by atoms with Crippen molar-refractivity contribution in [3.05, 3.63) is 64.3 Å². The summed E-state index contributed by atoms with van der Waals surface area (Å²) < 4.78 is 1.85. The number of hydrogen-bond acceptors (Lipinski definition) is 3. The lowest BCUT2D eigenvalue weighted by Gasteiger charge is -2.09. The van der Waals surface area contributed by atoms with Gasteiger partial charge in [-0.3, -0.25) is 9.48 Å². The van der Waals surface area contributed by atoms with Gasteiger partial charge in [-0.2, -0.15) is 10.4 Å². The molecule has 0 aliphatic heterocycles. The van der Waals surface area contributed by atoms with Crippen LogP contribution in [0.15, 0.2) is 36.4 Å². The van der Waals surface area contributed by atoms with E-state index in [9.17, 15) is 10.1 Å². The van der Waals surface area contributed by atoms with Crippen LogP contribution >= 0.6 is 0 Å². The molecule has 0 radical (unpaired) electrons. The summed E-state index contributed by atoms with van der Waals surface area (Å²) in [4.78, 5) is 11.0. The third kappa shape index (κ3) is 2.86. The highest BCUT2D eigenvalue weighted by Gasteiger charge is 2.13. The maximum absolute atomic E-state index is 11.0. The molecule has 0 atom stereocenters. The van der Waals surface area contributed by atoms with Gasteiger partial charge in [0.05, 0.1) is 35.8 Å². The van der Waals surface area contributed by atoms with Crippen molar-refractivity contribution in [2.24, 2.45) is 0 Å². The molecular formula is C19H17N3O2. The Balaban J connectivity index is 2.10. The summed E-state index contributed by atoms with van der Waals surface area (Å²) in [6.07, 6.45) is -0.0199. The predicted octanol–water partition coefficient (Wildman–Crippen LogP) is 3.20. The second-order valence-electron chi connectivity index (χ2n) is 5.88. The largest absolute Gasteiger partial charge is 0.481 e. The minimum atomic E-state index is -0.859. The minimum Gasteiger partial charge on any atom is -0.481 e. The number of benzene rings is 2. The molecule has 3 aromatic rings. The number of nitrogens with zero attached hydrogens (tertiary/aromatic N) is 3. The molecule has 1 N–H and O–H groups in total. The Morgan fingerprint density at radius 1 is 1.29 bits per heavy atom. The molecule has 0 aliphatic rings. The Kier molecular flexibility index (Phi) is 4.05. The molecule has 0 fully saturated rings. The lowest BCUT2D eigenvalue weighted by Crippen LogP contribution is -2.06. The van der Waals surface area contributed by atoms with E-state index in [-0.39, 0.29) is 6.42 Å². The molecule has 0 amide bonds. The van der Waals surface area contributed by atoms with E-state index in [0.717, 1.165) is 33.3 Å². The predicted molar refractivity (Wildman–Crippen MR) is 90.8 cm³/mol. The zero-order valence-electron chi connectivity index (χ0n) is 13.6. The van der Waals surface area contributed by atoms with Crippen molar-refractivity contribution in [2.45, 2.75) is 26.8 Å². The summed E-state index contributed by atoms with van der Waals surface area (Å²) >= 11 is 0. The summed E-state index contributed by atoms with van der Waals surface area (Å²) in [5, 5.41) is 23.9. The van der Waals surface area contributed by atoms with Crippen molar-refractivity contribution in [1.82, 2.24) is 9.78 Å². The Morgan fingerprint density at radius 2 is 2.08 bits per heavy atom. The van der Waals surface area contributed by atoms with Gasteiger partial charge in [0.2, 0.25) is 0 Å². The van der Waals surface area contributed by atoms with E-state index in [0.29, 0.717) is 12.1 Å². The second kappa shape index (κ2) is 6.17. The summed E-state index contributed by atoms with van der Waals surface area (Å²) in [7, 11) is 0. The number of carboxylic acid groups (broad SMARTS) is 1. The Labute approximate surface area is 139 Å². The summed E-state index contributed by atoms with van der Waals surface area (Å²) in [5.41, 5.74) is 5.13. The molecule has 0 saturated carbocycles. The lowest BCUT2D eigenvalue weighted by molar-refractivity contribution is -0.136. The second-order valence-corrected chi connectivity index (χ2v) is 5.88. The zero-order valence-corrected chi connectivity index (χ0v) is 13.6. The highest BCUT2D eigenvalue weighted by Crippen LogP contribution is 2.23. The quantitative estimate of drug-likeness (QED) is 0.801. The minimum absolute atomic E-state index is 0.0199. The first kappa shape index (κ1) is 15.8. The van der Waals surface area contributed by atoms with Gasteiger partial charge in [-0.05, 0) is 42.7 Å². The average molecular weight is 319 g/mol. The molecule has 5 heteroatoms. The molecule has 0 spiro atoms. The van der Waals surface area contributed by atoms with Gasteiger partial charge in [0.25, 0.3) is 0 Å². The third-order valence-corrected chi connectivity index (χ3v) is 4.19. The number of aliphatic carboxylic acids is 1. The summed E-state index contributed by atoms with van der Waals surface area (Å²) in [6.45, 7) is 4.39. The van der Waals surface area contributed by atoms with Crippen molar-refractivity contribution in [3.63, 3.8) is 0 Å². The van der Waals surface area contributed by atoms with E-state index >= 15 is 0 Å². The third-order valence-electron chi connectivity index (χ3n) is 4.19. The van der Waals surface area contributed by atoms with Crippen LogP contribution in [0.4, 0.5) is 0 Å². The number of hydrogen-bond donors (Lipinski definition) is 1. The smallest absolute Gasteiger partial charge is 0.307 e. The van der Waals surface area contributed by atoms with Crippen molar-refractivity contribution in [3.8, 4) is 6.07 Å². The van der Waals surface area contributed by atoms with Crippen LogP contribution in [0.1, 0.15) is 27.9 Å². The first-order valence-corrected chi connectivity index (χ1v) is 7.66. The van der Waals surface area contributed by atoms with Crippen LogP contribution in [0, 0.1) is 25.2 Å². The SMILES string of the molecule is Cc1cccc(C#N)c1Cn1nc(C)c2ccc(CC(=O)O)cc21. The van der Waals surface area contributed by atoms with E-state index in [4.69, 9.17) is 5.11 Å². The topological polar surface area (TPSA) is 78.9 Å². The van der Waals surface area contributed by atoms with Crippen LogP contribution in [-0.2, 0) is 17.8 Å². The van der Waals surface area contributed by atoms with E-state index in [2.05, 4.69) is 11.2 Å². The number of nitriles is 1. The number of carboxylic acids is 1. The fourth-order valence-corrected chi connectivity index (χ4v) is 2.96. The van der Waals surface area contributed by atoms with Crippen LogP contribution in [0.3, 0.4) is 0 Å². The first-order valence-electron chi connectivity index (χ1n) is 7.66. The zero-order chi connectivity index (χ0) is 17.3. The van der Waals surface area contributed by atoms with Crippen molar-refractivity contribution in [2.75, 3.05) is 0 Å². The van der Waals surface area contributed by atoms with Gasteiger partial charge in [-0.1, -0.05) is 24.3 Å². The van der Waals surface area contributed by atoms with Gasteiger partial charge >= 0.3 is 5.97 Å². The molecule has 0 aliphatic carbocycles. The van der Waals surface area contributed by atoms with Gasteiger partial charge in [-0.15, -0.1) is 0 Å². The van der Waals surface area contributed by atoms with Gasteiger partial charge in [0.15, 0.2) is 0 Å². The van der Waals surface area contributed by atoms with Crippen LogP contribution in [-0.4, -0.2) is 20.9 Å². The fourth-order valence-electron chi connectivity index (χ4n) is 2.96. The molecule has 1 aromatic heterocycles. The molecule has 3 rings (SSSR count). The summed E-state index contributed by atoms with van der Waals surface area (Å²) in [6, 6.07) is 13.5. The molecule has 2 aromatic carbocycles. The van der Waals surface area contributed by atoms with Crippen LogP contribution in [0.2, 0.25) is 0 Å². The molecule has 5 nitrogen and oxygen atoms in total. The van der Waals surface area contributed by atoms with Crippen molar-refractivity contribution in [1.29, 1.82) is 5.26 Å². The van der Waals surface area contributed by atoms with Crippen LogP contribution < -0.4 is 0 Å². The maximum atomic E-state index is 11.0. The fraction of sp³-hybridized carbons (Fsp3) is 0.211. The molecule has 24 heavy (non-hydrogen) atoms. The highest BCUT2D eigenvalue weighted by atomic mass is 16.4. The molecule has 0 bridgehead atoms. The first-order chi connectivity index (χ1) is 11.5. The average Bonchev–Trinajstić information content (AvgIpc) is 2.84. The Morgan fingerprint density at radius 3 is 2.79 bits per heavy atom. The van der Waals surface area contributed by atoms with Crippen LogP contribution in [0.5, 0.6) is 0 Å². The number of aryl methyl sites for hydroxylation is 2. The van der Waals surface area contributed by atoms with Gasteiger partial charge in [-0.25, -0.2) is 0 Å².